The summed E-state index contributed by atoms with van der Waals surface area (Å²) in [5.74, 6) is 0. The van der Waals surface area contributed by atoms with E-state index in [0.717, 1.165) is 40.8 Å². The van der Waals surface area contributed by atoms with Gasteiger partial charge in [0.15, 0.2) is 5.11 Å². The molecular formula is C26H27BrN4S. The summed E-state index contributed by atoms with van der Waals surface area (Å²) in [6.07, 6.45) is 1.72. The minimum Gasteiger partial charge on any atom is -0.378 e. The quantitative estimate of drug-likeness (QED) is 0.429. The molecule has 1 heterocycles. The van der Waals surface area contributed by atoms with Gasteiger partial charge in [-0.1, -0.05) is 70.5 Å². The topological polar surface area (TPSA) is 30.9 Å². The van der Waals surface area contributed by atoms with Crippen molar-refractivity contribution in [2.45, 2.75) is 18.9 Å². The highest BCUT2D eigenvalue weighted by Crippen LogP contribution is 2.34. The van der Waals surface area contributed by atoms with Crippen LogP contribution in [0.5, 0.6) is 0 Å². The molecule has 0 bridgehead atoms. The van der Waals surface area contributed by atoms with E-state index in [1.165, 1.54) is 11.1 Å². The molecule has 3 aromatic carbocycles. The molecule has 4 rings (SSSR count). The van der Waals surface area contributed by atoms with E-state index in [9.17, 15) is 0 Å². The number of hydrogen-bond donors (Lipinski definition) is 1. The summed E-state index contributed by atoms with van der Waals surface area (Å²) in [6.45, 7) is 0.771. The van der Waals surface area contributed by atoms with Crippen molar-refractivity contribution in [1.82, 2.24) is 10.3 Å². The van der Waals surface area contributed by atoms with E-state index < -0.39 is 0 Å². The van der Waals surface area contributed by atoms with Gasteiger partial charge in [-0.25, -0.2) is 5.01 Å². The first-order chi connectivity index (χ1) is 15.5. The third kappa shape index (κ3) is 5.37. The van der Waals surface area contributed by atoms with Gasteiger partial charge in [0.1, 0.15) is 0 Å². The number of halogens is 1. The summed E-state index contributed by atoms with van der Waals surface area (Å²) < 4.78 is 1.06. The van der Waals surface area contributed by atoms with Crippen molar-refractivity contribution in [3.8, 4) is 0 Å². The molecule has 1 atom stereocenters. The third-order valence-corrected chi connectivity index (χ3v) is 6.46. The van der Waals surface area contributed by atoms with Crippen LogP contribution in [-0.2, 0) is 6.42 Å². The maximum atomic E-state index is 5.79. The lowest BCUT2D eigenvalue weighted by Crippen LogP contribution is -2.37. The second kappa shape index (κ2) is 10.3. The van der Waals surface area contributed by atoms with Gasteiger partial charge >= 0.3 is 0 Å². The number of nitrogens with one attached hydrogen (secondary N) is 1. The molecular weight excluding hydrogens is 480 g/mol. The highest BCUT2D eigenvalue weighted by molar-refractivity contribution is 9.10. The summed E-state index contributed by atoms with van der Waals surface area (Å²) >= 11 is 9.33. The molecule has 32 heavy (non-hydrogen) atoms. The number of hydrazone groups is 1. The van der Waals surface area contributed by atoms with Gasteiger partial charge in [0.2, 0.25) is 0 Å². The molecule has 0 radical (unpaired) electrons. The van der Waals surface area contributed by atoms with E-state index in [-0.39, 0.29) is 6.04 Å². The summed E-state index contributed by atoms with van der Waals surface area (Å²) in [5, 5.41) is 11.0. The van der Waals surface area contributed by atoms with Gasteiger partial charge in [-0.05, 0) is 59.6 Å². The number of benzene rings is 3. The van der Waals surface area contributed by atoms with Crippen LogP contribution in [0.4, 0.5) is 5.69 Å². The van der Waals surface area contributed by atoms with Gasteiger partial charge in [-0.15, -0.1) is 0 Å². The van der Waals surface area contributed by atoms with E-state index in [4.69, 9.17) is 17.3 Å². The molecule has 0 spiro atoms. The van der Waals surface area contributed by atoms with Gasteiger partial charge in [0, 0.05) is 37.2 Å². The Hall–Kier alpha value is -2.70. The molecule has 1 aliphatic heterocycles. The second-order valence-corrected chi connectivity index (χ2v) is 9.38. The predicted octanol–water partition coefficient (Wildman–Crippen LogP) is 5.78. The Morgan fingerprint density at radius 1 is 1.06 bits per heavy atom. The molecule has 0 saturated heterocycles. The Morgan fingerprint density at radius 2 is 1.81 bits per heavy atom. The smallest absolute Gasteiger partial charge is 0.190 e. The zero-order chi connectivity index (χ0) is 22.5. The summed E-state index contributed by atoms with van der Waals surface area (Å²) in [4.78, 5) is 2.11. The van der Waals surface area contributed by atoms with Gasteiger partial charge < -0.3 is 10.2 Å². The Morgan fingerprint density at radius 3 is 2.53 bits per heavy atom. The minimum atomic E-state index is 0.0674. The molecule has 4 nitrogen and oxygen atoms in total. The SMILES string of the molecule is CN(C)c1cccc(C2=NN(C(=S)NCCc3ccccc3)[C@@H](c3ccc(Br)cc3)C2)c1. The van der Waals surface area contributed by atoms with Crippen LogP contribution in [-0.4, -0.2) is 36.5 Å². The number of hydrogen-bond acceptors (Lipinski definition) is 3. The Kier molecular flexibility index (Phi) is 7.22. The first-order valence-electron chi connectivity index (χ1n) is 10.7. The lowest BCUT2D eigenvalue weighted by atomic mass is 9.98. The molecule has 164 valence electrons. The molecule has 6 heteroatoms. The van der Waals surface area contributed by atoms with Crippen LogP contribution >= 0.6 is 28.1 Å². The van der Waals surface area contributed by atoms with Crippen molar-refractivity contribution in [3.05, 3.63) is 100 Å². The fourth-order valence-corrected chi connectivity index (χ4v) is 4.35. The van der Waals surface area contributed by atoms with E-state index in [1.807, 2.05) is 11.1 Å². The lowest BCUT2D eigenvalue weighted by molar-refractivity contribution is 0.364. The number of nitrogens with zero attached hydrogens (tertiary/aromatic N) is 3. The molecule has 1 N–H and O–H groups in total. The fourth-order valence-electron chi connectivity index (χ4n) is 3.82. The van der Waals surface area contributed by atoms with Crippen molar-refractivity contribution < 1.29 is 0 Å². The summed E-state index contributed by atoms with van der Waals surface area (Å²) in [7, 11) is 4.11. The third-order valence-electron chi connectivity index (χ3n) is 5.60. The van der Waals surface area contributed by atoms with Crippen LogP contribution < -0.4 is 10.2 Å². The molecule has 3 aromatic rings. The summed E-state index contributed by atoms with van der Waals surface area (Å²) in [5.41, 5.74) is 5.83. The molecule has 0 aromatic heterocycles. The fraction of sp³-hybridized carbons (Fsp3) is 0.231. The van der Waals surface area contributed by atoms with Gasteiger partial charge in [-0.3, -0.25) is 0 Å². The van der Waals surface area contributed by atoms with Crippen molar-refractivity contribution in [3.63, 3.8) is 0 Å². The lowest BCUT2D eigenvalue weighted by Gasteiger charge is -2.25. The Balaban J connectivity index is 1.55. The van der Waals surface area contributed by atoms with Gasteiger partial charge in [-0.2, -0.15) is 5.10 Å². The Labute approximate surface area is 204 Å². The minimum absolute atomic E-state index is 0.0674. The van der Waals surface area contributed by atoms with Crippen LogP contribution in [0.1, 0.15) is 29.2 Å². The summed E-state index contributed by atoms with van der Waals surface area (Å²) in [6, 6.07) is 27.4. The number of thiocarbonyl (C=S) groups is 1. The molecule has 0 fully saturated rings. The number of anilines is 1. The van der Waals surface area contributed by atoms with Crippen molar-refractivity contribution in [1.29, 1.82) is 0 Å². The van der Waals surface area contributed by atoms with Crippen LogP contribution in [0, 0.1) is 0 Å². The first kappa shape index (κ1) is 22.5. The molecule has 0 saturated carbocycles. The standard InChI is InChI=1S/C26H27BrN4S/c1-30(2)23-10-6-9-21(17-23)24-18-25(20-11-13-22(27)14-12-20)31(29-24)26(32)28-16-15-19-7-4-3-5-8-19/h3-14,17,25H,15-16,18H2,1-2H3,(H,28,32)/t25-/m1/s1. The predicted molar refractivity (Wildman–Crippen MR) is 141 cm³/mol. The second-order valence-electron chi connectivity index (χ2n) is 8.08. The van der Waals surface area contributed by atoms with E-state index in [0.29, 0.717) is 5.11 Å². The van der Waals surface area contributed by atoms with E-state index >= 15 is 0 Å². The highest BCUT2D eigenvalue weighted by atomic mass is 79.9. The molecule has 0 unspecified atom stereocenters. The van der Waals surface area contributed by atoms with Crippen LogP contribution in [0.15, 0.2) is 88.4 Å². The maximum Gasteiger partial charge on any atom is 0.190 e. The zero-order valence-electron chi connectivity index (χ0n) is 18.3. The Bertz CT molecular complexity index is 1100. The first-order valence-corrected chi connectivity index (χ1v) is 11.9. The zero-order valence-corrected chi connectivity index (χ0v) is 20.7. The molecule has 1 aliphatic rings. The molecule has 0 amide bonds. The van der Waals surface area contributed by atoms with Crippen molar-refractivity contribution in [2.24, 2.45) is 5.10 Å². The maximum absolute atomic E-state index is 5.79. The van der Waals surface area contributed by atoms with Crippen molar-refractivity contribution in [2.75, 3.05) is 25.5 Å². The monoisotopic (exact) mass is 506 g/mol. The number of rotatable bonds is 6. The average molecular weight is 508 g/mol. The average Bonchev–Trinajstić information content (AvgIpc) is 3.26. The normalized spacial score (nSPS) is 15.4. The van der Waals surface area contributed by atoms with Crippen molar-refractivity contribution >= 4 is 44.7 Å². The van der Waals surface area contributed by atoms with E-state index in [2.05, 4.69) is 113 Å². The molecule has 0 aliphatic carbocycles. The van der Waals surface area contributed by atoms with Crippen LogP contribution in [0.3, 0.4) is 0 Å². The van der Waals surface area contributed by atoms with Gasteiger partial charge in [0.25, 0.3) is 0 Å². The van der Waals surface area contributed by atoms with E-state index in [1.54, 1.807) is 0 Å². The highest BCUT2D eigenvalue weighted by Gasteiger charge is 2.31. The van der Waals surface area contributed by atoms with Gasteiger partial charge in [0.05, 0.1) is 11.8 Å². The largest absolute Gasteiger partial charge is 0.378 e. The van der Waals surface area contributed by atoms with Crippen LogP contribution in [0.2, 0.25) is 0 Å². The van der Waals surface area contributed by atoms with Crippen LogP contribution in [0.25, 0.3) is 0 Å².